The molecule has 2 aromatic heterocycles. The predicted molar refractivity (Wildman–Crippen MR) is 101 cm³/mol. The normalized spacial score (nSPS) is 12.8. The molecule has 1 N–H and O–H groups in total. The number of pyridine rings is 1. The van der Waals surface area contributed by atoms with Gasteiger partial charge in [0.05, 0.1) is 10.3 Å². The molecule has 0 aliphatic carbocycles. The fourth-order valence-electron chi connectivity index (χ4n) is 2.03. The zero-order valence-corrected chi connectivity index (χ0v) is 14.9. The van der Waals surface area contributed by atoms with Crippen molar-refractivity contribution in [3.05, 3.63) is 81.2 Å². The Hall–Kier alpha value is -2.37. The maximum absolute atomic E-state index is 12.8. The van der Waals surface area contributed by atoms with Crippen LogP contribution in [0.4, 0.5) is 0 Å². The molecule has 124 valence electrons. The predicted octanol–water partition coefficient (Wildman–Crippen LogP) is 4.78. The Labute approximate surface area is 149 Å². The minimum atomic E-state index is -0.209. The van der Waals surface area contributed by atoms with Crippen molar-refractivity contribution in [2.24, 2.45) is 0 Å². The summed E-state index contributed by atoms with van der Waals surface area (Å²) in [6.07, 6.45) is 9.95. The fourth-order valence-corrected chi connectivity index (χ4v) is 3.07. The number of thiophene rings is 1. The number of nitrogens with one attached hydrogen (secondary N) is 1. The molecular formula is C18H17ClN2O2S. The molecule has 0 aromatic carbocycles. The topological polar surface area (TPSA) is 53.2 Å². The van der Waals surface area contributed by atoms with Crippen molar-refractivity contribution in [3.63, 3.8) is 0 Å². The summed E-state index contributed by atoms with van der Waals surface area (Å²) in [7, 11) is 0. The summed E-state index contributed by atoms with van der Waals surface area (Å²) in [5, 5.41) is 0.997. The number of fused-ring (bicyclic) bond motifs is 1. The van der Waals surface area contributed by atoms with Crippen LogP contribution in [0.5, 0.6) is 0 Å². The summed E-state index contributed by atoms with van der Waals surface area (Å²) in [6, 6.07) is 3.07. The third kappa shape index (κ3) is 3.93. The maximum atomic E-state index is 12.8. The summed E-state index contributed by atoms with van der Waals surface area (Å²) >= 11 is 7.15. The Morgan fingerprint density at radius 2 is 2.17 bits per heavy atom. The van der Waals surface area contributed by atoms with Crippen molar-refractivity contribution < 1.29 is 4.79 Å². The van der Waals surface area contributed by atoms with E-state index in [1.165, 1.54) is 28.4 Å². The van der Waals surface area contributed by atoms with E-state index in [4.69, 9.17) is 11.6 Å². The van der Waals surface area contributed by atoms with Gasteiger partial charge in [-0.3, -0.25) is 14.5 Å². The quantitative estimate of drug-likeness (QED) is 0.780. The minimum absolute atomic E-state index is 0.107. The highest BCUT2D eigenvalue weighted by molar-refractivity contribution is 7.20. The SMILES string of the molecule is C=C/C(Cl)=C\C=C(/C)N(/C=C\C)C(=O)c1cc2c(=O)cc[nH]c2s1. The molecule has 0 fully saturated rings. The summed E-state index contributed by atoms with van der Waals surface area (Å²) in [6.45, 7) is 7.21. The molecule has 0 spiro atoms. The van der Waals surface area contributed by atoms with E-state index in [1.54, 1.807) is 43.6 Å². The van der Waals surface area contributed by atoms with E-state index in [2.05, 4.69) is 11.6 Å². The molecule has 24 heavy (non-hydrogen) atoms. The Morgan fingerprint density at radius 1 is 1.42 bits per heavy atom. The number of nitrogens with zero attached hydrogens (tertiary/aromatic N) is 1. The van der Waals surface area contributed by atoms with Crippen molar-refractivity contribution in [2.45, 2.75) is 13.8 Å². The third-order valence-corrected chi connectivity index (χ3v) is 4.57. The van der Waals surface area contributed by atoms with Crippen molar-refractivity contribution >= 4 is 39.1 Å². The average Bonchev–Trinajstić information content (AvgIpc) is 3.02. The Kier molecular flexibility index (Phi) is 5.95. The van der Waals surface area contributed by atoms with Crippen LogP contribution in [0.2, 0.25) is 0 Å². The van der Waals surface area contributed by atoms with Crippen molar-refractivity contribution in [1.29, 1.82) is 0 Å². The smallest absolute Gasteiger partial charge is 0.272 e. The van der Waals surface area contributed by atoms with Gasteiger partial charge in [-0.1, -0.05) is 30.3 Å². The highest BCUT2D eigenvalue weighted by Gasteiger charge is 2.18. The highest BCUT2D eigenvalue weighted by Crippen LogP contribution is 2.24. The van der Waals surface area contributed by atoms with Crippen molar-refractivity contribution in [2.75, 3.05) is 0 Å². The first-order valence-corrected chi connectivity index (χ1v) is 8.41. The van der Waals surface area contributed by atoms with Gasteiger partial charge >= 0.3 is 0 Å². The zero-order chi connectivity index (χ0) is 17.7. The monoisotopic (exact) mass is 360 g/mol. The lowest BCUT2D eigenvalue weighted by Crippen LogP contribution is -2.23. The number of aromatic nitrogens is 1. The second-order valence-electron chi connectivity index (χ2n) is 4.92. The third-order valence-electron chi connectivity index (χ3n) is 3.23. The van der Waals surface area contributed by atoms with Crippen LogP contribution in [-0.4, -0.2) is 15.8 Å². The number of rotatable bonds is 5. The first-order valence-electron chi connectivity index (χ1n) is 7.22. The lowest BCUT2D eigenvalue weighted by Gasteiger charge is -2.17. The molecule has 0 radical (unpaired) electrons. The van der Waals surface area contributed by atoms with Gasteiger partial charge in [0, 0.05) is 29.2 Å². The van der Waals surface area contributed by atoms with Crippen LogP contribution in [0.1, 0.15) is 23.5 Å². The average molecular weight is 361 g/mol. The lowest BCUT2D eigenvalue weighted by atomic mass is 10.2. The lowest BCUT2D eigenvalue weighted by molar-refractivity contribution is 0.0862. The number of carbonyl (C=O) groups excluding carboxylic acids is 1. The largest absolute Gasteiger partial charge is 0.353 e. The van der Waals surface area contributed by atoms with Crippen molar-refractivity contribution in [1.82, 2.24) is 9.88 Å². The number of hydrogen-bond acceptors (Lipinski definition) is 3. The van der Waals surface area contributed by atoms with E-state index in [0.717, 1.165) is 0 Å². The molecule has 2 heterocycles. The van der Waals surface area contributed by atoms with Gasteiger partial charge in [0.25, 0.3) is 5.91 Å². The number of carbonyl (C=O) groups is 1. The molecule has 2 rings (SSSR count). The van der Waals surface area contributed by atoms with Crippen LogP contribution in [0.15, 0.2) is 70.9 Å². The van der Waals surface area contributed by atoms with Gasteiger partial charge in [0.2, 0.25) is 0 Å². The minimum Gasteiger partial charge on any atom is -0.353 e. The van der Waals surface area contributed by atoms with Gasteiger partial charge in [0.1, 0.15) is 4.83 Å². The molecule has 0 saturated heterocycles. The van der Waals surface area contributed by atoms with E-state index in [0.29, 0.717) is 25.8 Å². The van der Waals surface area contributed by atoms with Crippen LogP contribution in [0.3, 0.4) is 0 Å². The van der Waals surface area contributed by atoms with E-state index in [-0.39, 0.29) is 11.3 Å². The van der Waals surface area contributed by atoms with Crippen LogP contribution in [0.25, 0.3) is 10.2 Å². The second-order valence-corrected chi connectivity index (χ2v) is 6.41. The van der Waals surface area contributed by atoms with Gasteiger partial charge in [-0.05, 0) is 32.1 Å². The van der Waals surface area contributed by atoms with Gasteiger partial charge in [-0.15, -0.1) is 11.3 Å². The van der Waals surface area contributed by atoms with Gasteiger partial charge in [0.15, 0.2) is 5.43 Å². The number of H-pyrrole nitrogens is 1. The van der Waals surface area contributed by atoms with Crippen LogP contribution < -0.4 is 5.43 Å². The molecule has 0 unspecified atom stereocenters. The second kappa shape index (κ2) is 7.95. The molecule has 1 amide bonds. The van der Waals surface area contributed by atoms with Gasteiger partial charge < -0.3 is 4.98 Å². The maximum Gasteiger partial charge on any atom is 0.272 e. The Bertz CT molecular complexity index is 918. The number of amides is 1. The molecule has 0 saturated carbocycles. The van der Waals surface area contributed by atoms with Crippen LogP contribution in [0, 0.1) is 0 Å². The zero-order valence-electron chi connectivity index (χ0n) is 13.4. The number of hydrogen-bond donors (Lipinski definition) is 1. The number of allylic oxidation sites excluding steroid dienone is 6. The first kappa shape index (κ1) is 18.0. The molecule has 0 aliphatic heterocycles. The Balaban J connectivity index is 2.43. The summed E-state index contributed by atoms with van der Waals surface area (Å²) in [5.41, 5.74) is 0.589. The fraction of sp³-hybridized carbons (Fsp3) is 0.111. The molecule has 0 aliphatic rings. The standard InChI is InChI=1S/C18H17ClN2O2S/c1-4-10-21(12(3)6-7-13(19)5-2)18(23)16-11-14-15(22)8-9-20-17(14)24-16/h4-11H,2H2,1,3H3,(H,20,22)/b10-4-,12-6+,13-7+. The molecule has 2 aromatic rings. The Morgan fingerprint density at radius 3 is 2.79 bits per heavy atom. The molecule has 4 nitrogen and oxygen atoms in total. The van der Waals surface area contributed by atoms with Crippen LogP contribution in [-0.2, 0) is 0 Å². The number of halogens is 1. The molecule has 0 bridgehead atoms. The molecule has 0 atom stereocenters. The van der Waals surface area contributed by atoms with E-state index in [1.807, 2.05) is 6.92 Å². The van der Waals surface area contributed by atoms with Gasteiger partial charge in [-0.2, -0.15) is 0 Å². The van der Waals surface area contributed by atoms with E-state index in [9.17, 15) is 9.59 Å². The van der Waals surface area contributed by atoms with E-state index < -0.39 is 0 Å². The molecule has 6 heteroatoms. The van der Waals surface area contributed by atoms with Crippen molar-refractivity contribution in [3.8, 4) is 0 Å². The highest BCUT2D eigenvalue weighted by atomic mass is 35.5. The first-order chi connectivity index (χ1) is 11.5. The summed E-state index contributed by atoms with van der Waals surface area (Å²) in [4.78, 5) is 30.4. The summed E-state index contributed by atoms with van der Waals surface area (Å²) < 4.78 is 0. The molecular weight excluding hydrogens is 344 g/mol. The number of aromatic amines is 1. The summed E-state index contributed by atoms with van der Waals surface area (Å²) in [5.74, 6) is -0.209. The van der Waals surface area contributed by atoms with Gasteiger partial charge in [-0.25, -0.2) is 0 Å². The van der Waals surface area contributed by atoms with Crippen LogP contribution >= 0.6 is 22.9 Å². The van der Waals surface area contributed by atoms with E-state index >= 15 is 0 Å².